The summed E-state index contributed by atoms with van der Waals surface area (Å²) in [6.45, 7) is 0. The number of hydrogen-bond donors (Lipinski definition) is 2. The first kappa shape index (κ1) is 24.7. The van der Waals surface area contributed by atoms with Gasteiger partial charge in [0.05, 0.1) is 25.7 Å². The lowest BCUT2D eigenvalue weighted by atomic mass is 9.92. The highest BCUT2D eigenvalue weighted by Gasteiger charge is 2.25. The summed E-state index contributed by atoms with van der Waals surface area (Å²) in [5, 5.41) is 18.3. The van der Waals surface area contributed by atoms with E-state index in [0.29, 0.717) is 11.1 Å². The molecule has 164 valence electrons. The third-order valence-electron chi connectivity index (χ3n) is 4.58. The van der Waals surface area contributed by atoms with Crippen LogP contribution in [-0.4, -0.2) is 34.1 Å². The fourth-order valence-electron chi connectivity index (χ4n) is 3.12. The summed E-state index contributed by atoms with van der Waals surface area (Å²) in [6, 6.07) is 13.7. The molecule has 0 fully saturated rings. The molecule has 0 saturated carbocycles. The highest BCUT2D eigenvalue weighted by Crippen LogP contribution is 2.28. The lowest BCUT2D eigenvalue weighted by Crippen LogP contribution is -2.19. The van der Waals surface area contributed by atoms with Gasteiger partial charge in [0.15, 0.2) is 0 Å². The van der Waals surface area contributed by atoms with Crippen LogP contribution in [-0.2, 0) is 23.9 Å². The van der Waals surface area contributed by atoms with Crippen LogP contribution in [0.2, 0.25) is 0 Å². The number of carbonyl (C=O) groups is 4. The first-order chi connectivity index (χ1) is 14.6. The zero-order valence-corrected chi connectivity index (χ0v) is 19.5. The van der Waals surface area contributed by atoms with Crippen molar-refractivity contribution in [2.75, 3.05) is 0 Å². The molecular formula is C22H20Br2O7. The maximum Gasteiger partial charge on any atom is 0.314 e. The van der Waals surface area contributed by atoms with Crippen molar-refractivity contribution >= 4 is 55.7 Å². The van der Waals surface area contributed by atoms with Crippen LogP contribution in [0.1, 0.15) is 48.6 Å². The van der Waals surface area contributed by atoms with Gasteiger partial charge in [-0.05, 0) is 35.4 Å². The van der Waals surface area contributed by atoms with Crippen LogP contribution in [0.4, 0.5) is 0 Å². The van der Waals surface area contributed by atoms with Crippen molar-refractivity contribution in [2.24, 2.45) is 0 Å². The van der Waals surface area contributed by atoms with Crippen LogP contribution in [0, 0.1) is 0 Å². The molecule has 0 amide bonds. The number of carboxylic acids is 2. The molecule has 2 rings (SSSR count). The van der Waals surface area contributed by atoms with Crippen LogP contribution >= 0.6 is 31.9 Å². The Balaban J connectivity index is 2.04. The number of aliphatic carboxylic acids is 2. The SMILES string of the molecule is O=C(O)CC(CC(=O)OC(=O)CC(CC(=O)O)c1ccc(Br)cc1)c1ccc(Br)cc1. The second-order valence-electron chi connectivity index (χ2n) is 6.95. The predicted molar refractivity (Wildman–Crippen MR) is 119 cm³/mol. The van der Waals surface area contributed by atoms with Crippen molar-refractivity contribution in [1.29, 1.82) is 0 Å². The second-order valence-corrected chi connectivity index (χ2v) is 8.78. The molecule has 2 unspecified atom stereocenters. The largest absolute Gasteiger partial charge is 0.481 e. The van der Waals surface area contributed by atoms with Gasteiger partial charge in [-0.15, -0.1) is 0 Å². The Labute approximate surface area is 195 Å². The van der Waals surface area contributed by atoms with Crippen LogP contribution < -0.4 is 0 Å². The summed E-state index contributed by atoms with van der Waals surface area (Å²) >= 11 is 6.59. The Bertz CT molecular complexity index is 862. The molecule has 0 saturated heterocycles. The third kappa shape index (κ3) is 8.63. The number of carboxylic acid groups (broad SMARTS) is 2. The quantitative estimate of drug-likeness (QED) is 0.317. The van der Waals surface area contributed by atoms with Crippen molar-refractivity contribution in [1.82, 2.24) is 0 Å². The summed E-state index contributed by atoms with van der Waals surface area (Å²) < 4.78 is 6.49. The fourth-order valence-corrected chi connectivity index (χ4v) is 3.65. The number of halogens is 2. The van der Waals surface area contributed by atoms with Crippen molar-refractivity contribution in [2.45, 2.75) is 37.5 Å². The van der Waals surface area contributed by atoms with Gasteiger partial charge >= 0.3 is 23.9 Å². The number of esters is 2. The van der Waals surface area contributed by atoms with Crippen LogP contribution in [0.3, 0.4) is 0 Å². The Morgan fingerprint density at radius 2 is 0.968 bits per heavy atom. The Morgan fingerprint density at radius 1 is 0.645 bits per heavy atom. The van der Waals surface area contributed by atoms with E-state index in [2.05, 4.69) is 31.9 Å². The van der Waals surface area contributed by atoms with Gasteiger partial charge in [-0.3, -0.25) is 19.2 Å². The normalized spacial score (nSPS) is 12.6. The van der Waals surface area contributed by atoms with E-state index < -0.39 is 35.7 Å². The topological polar surface area (TPSA) is 118 Å². The van der Waals surface area contributed by atoms with Gasteiger partial charge in [0.25, 0.3) is 0 Å². The summed E-state index contributed by atoms with van der Waals surface area (Å²) in [4.78, 5) is 47.0. The minimum atomic E-state index is -1.08. The molecule has 0 bridgehead atoms. The van der Waals surface area contributed by atoms with Crippen LogP contribution in [0.5, 0.6) is 0 Å². The molecular weight excluding hydrogens is 536 g/mol. The molecule has 0 spiro atoms. The van der Waals surface area contributed by atoms with E-state index in [1.807, 2.05) is 0 Å². The Hall–Kier alpha value is -2.52. The van der Waals surface area contributed by atoms with Crippen molar-refractivity contribution in [3.8, 4) is 0 Å². The number of carbonyl (C=O) groups excluding carboxylic acids is 2. The monoisotopic (exact) mass is 554 g/mol. The number of rotatable bonds is 10. The predicted octanol–water partition coefficient (Wildman–Crippen LogP) is 4.88. The number of ether oxygens (including phenoxy) is 1. The van der Waals surface area contributed by atoms with Crippen molar-refractivity contribution in [3.05, 3.63) is 68.6 Å². The Kier molecular flexibility index (Phi) is 9.39. The molecule has 31 heavy (non-hydrogen) atoms. The lowest BCUT2D eigenvalue weighted by Gasteiger charge is -2.16. The molecule has 2 atom stereocenters. The molecule has 0 aliphatic carbocycles. The van der Waals surface area contributed by atoms with Crippen molar-refractivity contribution < 1.29 is 34.1 Å². The average Bonchev–Trinajstić information content (AvgIpc) is 2.67. The van der Waals surface area contributed by atoms with E-state index in [0.717, 1.165) is 8.95 Å². The smallest absolute Gasteiger partial charge is 0.314 e. The molecule has 2 N–H and O–H groups in total. The first-order valence-electron chi connectivity index (χ1n) is 9.32. The Morgan fingerprint density at radius 3 is 1.26 bits per heavy atom. The molecule has 0 heterocycles. The molecule has 0 aromatic heterocycles. The summed E-state index contributed by atoms with van der Waals surface area (Å²) in [6.07, 6.45) is -1.18. The van der Waals surface area contributed by atoms with Gasteiger partial charge in [0, 0.05) is 20.8 Å². The minimum absolute atomic E-state index is 0.290. The van der Waals surface area contributed by atoms with Crippen LogP contribution in [0.15, 0.2) is 57.5 Å². The standard InChI is InChI=1S/C22H20Br2O7/c23-17-5-1-13(2-6-17)15(9-19(25)26)11-21(29)31-22(30)12-16(10-20(27)28)14-3-7-18(24)8-4-14/h1-8,15-16H,9-12H2,(H,25,26)(H,27,28). The van der Waals surface area contributed by atoms with E-state index in [9.17, 15) is 19.2 Å². The van der Waals surface area contributed by atoms with Gasteiger partial charge in [-0.1, -0.05) is 56.1 Å². The van der Waals surface area contributed by atoms with Crippen LogP contribution in [0.25, 0.3) is 0 Å². The van der Waals surface area contributed by atoms with Gasteiger partial charge in [0.1, 0.15) is 0 Å². The van der Waals surface area contributed by atoms with Gasteiger partial charge < -0.3 is 14.9 Å². The van der Waals surface area contributed by atoms with E-state index in [4.69, 9.17) is 14.9 Å². The molecule has 9 heteroatoms. The maximum absolute atomic E-state index is 12.3. The van der Waals surface area contributed by atoms with Gasteiger partial charge in [-0.2, -0.15) is 0 Å². The molecule has 0 aliphatic heterocycles. The zero-order valence-electron chi connectivity index (χ0n) is 16.3. The highest BCUT2D eigenvalue weighted by atomic mass is 79.9. The molecule has 7 nitrogen and oxygen atoms in total. The molecule has 0 aliphatic rings. The van der Waals surface area contributed by atoms with Crippen molar-refractivity contribution in [3.63, 3.8) is 0 Å². The van der Waals surface area contributed by atoms with Gasteiger partial charge in [-0.25, -0.2) is 0 Å². The minimum Gasteiger partial charge on any atom is -0.481 e. The number of hydrogen-bond acceptors (Lipinski definition) is 5. The summed E-state index contributed by atoms with van der Waals surface area (Å²) in [5.74, 6) is -5.19. The average molecular weight is 556 g/mol. The summed E-state index contributed by atoms with van der Waals surface area (Å²) in [7, 11) is 0. The second kappa shape index (κ2) is 11.8. The molecule has 0 radical (unpaired) electrons. The molecule has 2 aromatic rings. The van der Waals surface area contributed by atoms with E-state index in [-0.39, 0.29) is 25.7 Å². The maximum atomic E-state index is 12.3. The van der Waals surface area contributed by atoms with E-state index in [1.54, 1.807) is 48.5 Å². The fraction of sp³-hybridized carbons (Fsp3) is 0.273. The lowest BCUT2D eigenvalue weighted by molar-refractivity contribution is -0.160. The third-order valence-corrected chi connectivity index (χ3v) is 5.64. The van der Waals surface area contributed by atoms with E-state index in [1.165, 1.54) is 0 Å². The first-order valence-corrected chi connectivity index (χ1v) is 10.9. The molecule has 2 aromatic carbocycles. The van der Waals surface area contributed by atoms with Gasteiger partial charge in [0.2, 0.25) is 0 Å². The van der Waals surface area contributed by atoms with E-state index >= 15 is 0 Å². The summed E-state index contributed by atoms with van der Waals surface area (Å²) in [5.41, 5.74) is 1.27. The zero-order chi connectivity index (χ0) is 23.0. The highest BCUT2D eigenvalue weighted by molar-refractivity contribution is 9.10. The number of benzene rings is 2.